The first-order valence-corrected chi connectivity index (χ1v) is 10.0. The highest BCUT2D eigenvalue weighted by molar-refractivity contribution is 5.95. The third kappa shape index (κ3) is 4.38. The fourth-order valence-electron chi connectivity index (χ4n) is 3.91. The van der Waals surface area contributed by atoms with Gasteiger partial charge in [0.05, 0.1) is 12.6 Å². The molecule has 5 nitrogen and oxygen atoms in total. The van der Waals surface area contributed by atoms with Gasteiger partial charge in [0, 0.05) is 24.6 Å². The average Bonchev–Trinajstić information content (AvgIpc) is 3.38. The Hall–Kier alpha value is -2.99. The van der Waals surface area contributed by atoms with Crippen molar-refractivity contribution in [3.8, 4) is 11.1 Å². The first-order valence-electron chi connectivity index (χ1n) is 10.0. The molecule has 150 valence electrons. The number of anilines is 1. The van der Waals surface area contributed by atoms with E-state index in [2.05, 4.69) is 26.7 Å². The summed E-state index contributed by atoms with van der Waals surface area (Å²) in [6, 6.07) is 13.9. The molecule has 1 saturated heterocycles. The monoisotopic (exact) mass is 392 g/mol. The van der Waals surface area contributed by atoms with E-state index in [1.165, 1.54) is 12.1 Å². The van der Waals surface area contributed by atoms with Crippen molar-refractivity contribution in [2.24, 2.45) is 0 Å². The molecule has 0 aliphatic carbocycles. The minimum Gasteiger partial charge on any atom is -0.334 e. The summed E-state index contributed by atoms with van der Waals surface area (Å²) < 4.78 is 15.5. The van der Waals surface area contributed by atoms with Crippen molar-refractivity contribution in [2.75, 3.05) is 11.9 Å². The third-order valence-electron chi connectivity index (χ3n) is 5.46. The molecule has 2 aromatic carbocycles. The maximum atomic E-state index is 13.4. The van der Waals surface area contributed by atoms with E-state index >= 15 is 0 Å². The molecule has 3 aromatic rings. The molecular weight excluding hydrogens is 367 g/mol. The number of benzene rings is 2. The summed E-state index contributed by atoms with van der Waals surface area (Å²) in [5, 5.41) is 3.03. The van der Waals surface area contributed by atoms with Crippen LogP contribution in [0.5, 0.6) is 0 Å². The van der Waals surface area contributed by atoms with Crippen LogP contribution in [0.25, 0.3) is 11.1 Å². The molecular formula is C23H25FN4O. The predicted molar refractivity (Wildman–Crippen MR) is 112 cm³/mol. The standard InChI is InChI=1S/C23H25FN4O/c1-2-27-14-12-25-22(27)16-28-13-4-7-21(28)23(29)26-20-10-8-17(9-11-20)18-5-3-6-19(24)15-18/h3,5-6,8-12,14-15,21H,2,4,7,13,16H2,1H3,(H,26,29)/t21-/m0/s1. The zero-order chi connectivity index (χ0) is 20.2. The van der Waals surface area contributed by atoms with Crippen LogP contribution in [0, 0.1) is 5.82 Å². The van der Waals surface area contributed by atoms with Crippen molar-refractivity contribution in [2.45, 2.75) is 38.9 Å². The lowest BCUT2D eigenvalue weighted by Gasteiger charge is -2.23. The predicted octanol–water partition coefficient (Wildman–Crippen LogP) is 4.31. The number of carbonyl (C=O) groups excluding carboxylic acids is 1. The number of aromatic nitrogens is 2. The largest absolute Gasteiger partial charge is 0.334 e. The molecule has 2 heterocycles. The first kappa shape index (κ1) is 19.3. The summed E-state index contributed by atoms with van der Waals surface area (Å²) in [6.45, 7) is 4.54. The maximum Gasteiger partial charge on any atom is 0.241 e. The van der Waals surface area contributed by atoms with E-state index in [9.17, 15) is 9.18 Å². The lowest BCUT2D eigenvalue weighted by atomic mass is 10.1. The van der Waals surface area contributed by atoms with Gasteiger partial charge in [-0.05, 0) is 61.7 Å². The molecule has 1 aliphatic heterocycles. The van der Waals surface area contributed by atoms with E-state index in [0.29, 0.717) is 6.54 Å². The Morgan fingerprint density at radius 3 is 2.79 bits per heavy atom. The highest BCUT2D eigenvalue weighted by atomic mass is 19.1. The van der Waals surface area contributed by atoms with Crippen molar-refractivity contribution in [1.82, 2.24) is 14.5 Å². The number of amides is 1. The Morgan fingerprint density at radius 2 is 2.03 bits per heavy atom. The van der Waals surface area contributed by atoms with E-state index in [1.54, 1.807) is 6.07 Å². The quantitative estimate of drug-likeness (QED) is 0.680. The van der Waals surface area contributed by atoms with Crippen molar-refractivity contribution < 1.29 is 9.18 Å². The number of rotatable bonds is 6. The molecule has 0 bridgehead atoms. The van der Waals surface area contributed by atoms with Gasteiger partial charge in [-0.2, -0.15) is 0 Å². The molecule has 4 rings (SSSR count). The van der Waals surface area contributed by atoms with E-state index < -0.39 is 0 Å². The molecule has 0 unspecified atom stereocenters. The van der Waals surface area contributed by atoms with Crippen molar-refractivity contribution >= 4 is 11.6 Å². The molecule has 1 N–H and O–H groups in total. The summed E-state index contributed by atoms with van der Waals surface area (Å²) in [5.74, 6) is 0.743. The maximum absolute atomic E-state index is 13.4. The van der Waals surface area contributed by atoms with Crippen molar-refractivity contribution in [1.29, 1.82) is 0 Å². The lowest BCUT2D eigenvalue weighted by Crippen LogP contribution is -2.39. The number of hydrogen-bond donors (Lipinski definition) is 1. The van der Waals surface area contributed by atoms with E-state index in [0.717, 1.165) is 48.6 Å². The molecule has 0 saturated carbocycles. The number of hydrogen-bond acceptors (Lipinski definition) is 3. The Labute approximate surface area is 170 Å². The zero-order valence-corrected chi connectivity index (χ0v) is 16.5. The van der Waals surface area contributed by atoms with Crippen LogP contribution in [0.1, 0.15) is 25.6 Å². The Balaban J connectivity index is 1.41. The number of nitrogens with zero attached hydrogens (tertiary/aromatic N) is 3. The first-order chi connectivity index (χ1) is 14.1. The molecule has 1 aliphatic rings. The molecule has 1 fully saturated rings. The number of imidazole rings is 1. The van der Waals surface area contributed by atoms with E-state index in [1.807, 2.05) is 42.7 Å². The van der Waals surface area contributed by atoms with Crippen LogP contribution in [-0.2, 0) is 17.9 Å². The minimum absolute atomic E-state index is 0.00982. The zero-order valence-electron chi connectivity index (χ0n) is 16.5. The van der Waals surface area contributed by atoms with Gasteiger partial charge < -0.3 is 9.88 Å². The number of halogens is 1. The van der Waals surface area contributed by atoms with Crippen LogP contribution < -0.4 is 5.32 Å². The van der Waals surface area contributed by atoms with Gasteiger partial charge in [-0.15, -0.1) is 0 Å². The Kier molecular flexibility index (Phi) is 5.71. The molecule has 1 aromatic heterocycles. The molecule has 1 amide bonds. The summed E-state index contributed by atoms with van der Waals surface area (Å²) in [7, 11) is 0. The second kappa shape index (κ2) is 8.57. The second-order valence-electron chi connectivity index (χ2n) is 7.33. The van der Waals surface area contributed by atoms with Gasteiger partial charge in [0.2, 0.25) is 5.91 Å². The normalized spacial score (nSPS) is 16.8. The van der Waals surface area contributed by atoms with Crippen LogP contribution in [0.4, 0.5) is 10.1 Å². The van der Waals surface area contributed by atoms with Gasteiger partial charge in [0.25, 0.3) is 0 Å². The van der Waals surface area contributed by atoms with Crippen molar-refractivity contribution in [3.05, 3.63) is 72.6 Å². The molecule has 6 heteroatoms. The van der Waals surface area contributed by atoms with Crippen LogP contribution in [0.3, 0.4) is 0 Å². The van der Waals surface area contributed by atoms with Crippen LogP contribution in [-0.4, -0.2) is 32.9 Å². The summed E-state index contributed by atoms with van der Waals surface area (Å²) in [6.07, 6.45) is 5.63. The SMILES string of the molecule is CCn1ccnc1CN1CCC[C@H]1C(=O)Nc1ccc(-c2cccc(F)c2)cc1. The topological polar surface area (TPSA) is 50.2 Å². The van der Waals surface area contributed by atoms with E-state index in [-0.39, 0.29) is 17.8 Å². The number of likely N-dealkylation sites (tertiary alicyclic amines) is 1. The van der Waals surface area contributed by atoms with Gasteiger partial charge in [-0.3, -0.25) is 9.69 Å². The van der Waals surface area contributed by atoms with Crippen LogP contribution >= 0.6 is 0 Å². The summed E-state index contributed by atoms with van der Waals surface area (Å²) in [5.41, 5.74) is 2.48. The molecule has 0 spiro atoms. The number of nitrogens with one attached hydrogen (secondary N) is 1. The highest BCUT2D eigenvalue weighted by Crippen LogP contribution is 2.24. The summed E-state index contributed by atoms with van der Waals surface area (Å²) >= 11 is 0. The minimum atomic E-state index is -0.259. The lowest BCUT2D eigenvalue weighted by molar-refractivity contribution is -0.120. The molecule has 1 atom stereocenters. The van der Waals surface area contributed by atoms with Gasteiger partial charge in [0.1, 0.15) is 11.6 Å². The smallest absolute Gasteiger partial charge is 0.241 e. The second-order valence-corrected chi connectivity index (χ2v) is 7.33. The highest BCUT2D eigenvalue weighted by Gasteiger charge is 2.31. The molecule has 0 radical (unpaired) electrons. The fourth-order valence-corrected chi connectivity index (χ4v) is 3.91. The van der Waals surface area contributed by atoms with Crippen LogP contribution in [0.15, 0.2) is 60.9 Å². The van der Waals surface area contributed by atoms with Gasteiger partial charge >= 0.3 is 0 Å². The summed E-state index contributed by atoms with van der Waals surface area (Å²) in [4.78, 5) is 19.5. The third-order valence-corrected chi connectivity index (χ3v) is 5.46. The number of aryl methyl sites for hydroxylation is 1. The van der Waals surface area contributed by atoms with E-state index in [4.69, 9.17) is 0 Å². The van der Waals surface area contributed by atoms with Crippen LogP contribution in [0.2, 0.25) is 0 Å². The Morgan fingerprint density at radius 1 is 1.21 bits per heavy atom. The number of carbonyl (C=O) groups is 1. The Bertz CT molecular complexity index is 983. The van der Waals surface area contributed by atoms with Gasteiger partial charge in [-0.1, -0.05) is 24.3 Å². The molecule has 29 heavy (non-hydrogen) atoms. The van der Waals surface area contributed by atoms with Gasteiger partial charge in [0.15, 0.2) is 0 Å². The fraction of sp³-hybridized carbons (Fsp3) is 0.304. The van der Waals surface area contributed by atoms with Gasteiger partial charge in [-0.25, -0.2) is 9.37 Å². The average molecular weight is 392 g/mol. The van der Waals surface area contributed by atoms with Crippen molar-refractivity contribution in [3.63, 3.8) is 0 Å².